The van der Waals surface area contributed by atoms with Gasteiger partial charge >= 0.3 is 5.69 Å². The van der Waals surface area contributed by atoms with Crippen LogP contribution in [0, 0.1) is 6.92 Å². The molecule has 1 saturated carbocycles. The molecule has 1 aliphatic rings. The average molecular weight is 366 g/mol. The van der Waals surface area contributed by atoms with Crippen LogP contribution in [0.5, 0.6) is 0 Å². The van der Waals surface area contributed by atoms with Gasteiger partial charge in [-0.15, -0.1) is 11.3 Å². The van der Waals surface area contributed by atoms with Crippen molar-refractivity contribution in [2.45, 2.75) is 43.5 Å². The van der Waals surface area contributed by atoms with Crippen LogP contribution in [0.15, 0.2) is 13.9 Å². The van der Waals surface area contributed by atoms with E-state index in [-0.39, 0.29) is 29.0 Å². The fourth-order valence-electron chi connectivity index (χ4n) is 2.52. The number of thioether (sulfide) groups is 1. The Kier molecular flexibility index (Phi) is 4.64. The lowest BCUT2D eigenvalue weighted by molar-refractivity contribution is 0.102. The van der Waals surface area contributed by atoms with Gasteiger partial charge in [-0.05, 0) is 26.2 Å². The van der Waals surface area contributed by atoms with Crippen LogP contribution in [0.3, 0.4) is 0 Å². The summed E-state index contributed by atoms with van der Waals surface area (Å²) in [5.41, 5.74) is 5.57. The number of nitrogen functional groups attached to an aromatic ring is 1. The van der Waals surface area contributed by atoms with E-state index in [1.54, 1.807) is 0 Å². The van der Waals surface area contributed by atoms with Gasteiger partial charge in [-0.3, -0.25) is 19.1 Å². The molecule has 0 aromatic carbocycles. The molecular weight excluding hydrogens is 348 g/mol. The van der Waals surface area contributed by atoms with E-state index in [0.29, 0.717) is 0 Å². The van der Waals surface area contributed by atoms with Crippen molar-refractivity contribution >= 4 is 34.7 Å². The van der Waals surface area contributed by atoms with Gasteiger partial charge in [-0.2, -0.15) is 0 Å². The molecule has 1 fully saturated rings. The molecule has 0 unspecified atom stereocenters. The zero-order valence-corrected chi connectivity index (χ0v) is 15.1. The number of aryl methyl sites for hydroxylation is 2. The number of anilines is 1. The maximum atomic E-state index is 12.5. The van der Waals surface area contributed by atoms with Crippen molar-refractivity contribution in [3.05, 3.63) is 37.0 Å². The van der Waals surface area contributed by atoms with Gasteiger partial charge in [-0.25, -0.2) is 9.78 Å². The molecule has 2 aromatic heterocycles. The lowest BCUT2D eigenvalue weighted by atomic mass is 10.2. The molecule has 2 heterocycles. The van der Waals surface area contributed by atoms with E-state index in [4.69, 9.17) is 5.73 Å². The number of thiazole rings is 1. The van der Waals surface area contributed by atoms with E-state index in [1.807, 2.05) is 13.8 Å². The number of nitrogens with one attached hydrogen (secondary N) is 1. The first-order valence-electron chi connectivity index (χ1n) is 7.69. The summed E-state index contributed by atoms with van der Waals surface area (Å²) in [5.74, 6) is -0.354. The summed E-state index contributed by atoms with van der Waals surface area (Å²) in [6.07, 6.45) is 2.50. The summed E-state index contributed by atoms with van der Waals surface area (Å²) in [4.78, 5) is 44.2. The minimum absolute atomic E-state index is 0.0118. The number of H-pyrrole nitrogens is 1. The van der Waals surface area contributed by atoms with Gasteiger partial charge in [0.15, 0.2) is 10.1 Å². The van der Waals surface area contributed by atoms with Crippen LogP contribution in [0.1, 0.15) is 46.7 Å². The molecule has 1 aliphatic carbocycles. The summed E-state index contributed by atoms with van der Waals surface area (Å²) >= 11 is 2.82. The monoisotopic (exact) mass is 366 g/mol. The summed E-state index contributed by atoms with van der Waals surface area (Å²) in [6, 6.07) is -0.0118. The molecule has 3 N–H and O–H groups in total. The number of rotatable bonds is 6. The van der Waals surface area contributed by atoms with Crippen molar-refractivity contribution in [3.63, 3.8) is 0 Å². The van der Waals surface area contributed by atoms with Crippen LogP contribution >= 0.6 is 23.1 Å². The Bertz CT molecular complexity index is 908. The Morgan fingerprint density at radius 3 is 2.75 bits per heavy atom. The van der Waals surface area contributed by atoms with Crippen molar-refractivity contribution in [2.24, 2.45) is 0 Å². The molecule has 0 atom stereocenters. The normalized spacial score (nSPS) is 14.1. The minimum Gasteiger partial charge on any atom is -0.384 e. The van der Waals surface area contributed by atoms with Crippen molar-refractivity contribution < 1.29 is 4.79 Å². The predicted molar refractivity (Wildman–Crippen MR) is 95.3 cm³/mol. The number of nitrogens with zero attached hydrogens (tertiary/aromatic N) is 2. The second kappa shape index (κ2) is 6.56. The molecule has 0 amide bonds. The van der Waals surface area contributed by atoms with Gasteiger partial charge in [0.2, 0.25) is 0 Å². The molecule has 2 aromatic rings. The Morgan fingerprint density at radius 2 is 2.17 bits per heavy atom. The molecule has 0 aliphatic heterocycles. The highest BCUT2D eigenvalue weighted by molar-refractivity contribution is 8.01. The quantitative estimate of drug-likeness (QED) is 0.595. The molecule has 24 heavy (non-hydrogen) atoms. The van der Waals surface area contributed by atoms with E-state index in [2.05, 4.69) is 9.97 Å². The Labute approximate surface area is 146 Å². The van der Waals surface area contributed by atoms with Crippen molar-refractivity contribution in [2.75, 3.05) is 11.5 Å². The molecule has 9 heteroatoms. The van der Waals surface area contributed by atoms with Crippen LogP contribution < -0.4 is 17.0 Å². The summed E-state index contributed by atoms with van der Waals surface area (Å²) in [7, 11) is 0. The zero-order chi connectivity index (χ0) is 17.4. The van der Waals surface area contributed by atoms with Gasteiger partial charge in [0, 0.05) is 10.9 Å². The van der Waals surface area contributed by atoms with Crippen LogP contribution in [0.4, 0.5) is 5.82 Å². The fraction of sp³-hybridized carbons (Fsp3) is 0.467. The van der Waals surface area contributed by atoms with E-state index >= 15 is 0 Å². The third-order valence-corrected chi connectivity index (χ3v) is 6.06. The number of aromatic nitrogens is 3. The Morgan fingerprint density at radius 1 is 1.46 bits per heavy atom. The first-order chi connectivity index (χ1) is 11.4. The lowest BCUT2D eigenvalue weighted by Gasteiger charge is -2.10. The first kappa shape index (κ1) is 17.0. The molecule has 0 spiro atoms. The molecular formula is C15H18N4O3S2. The number of hydrogen-bond acceptors (Lipinski definition) is 7. The van der Waals surface area contributed by atoms with Crippen LogP contribution in [0.2, 0.25) is 0 Å². The summed E-state index contributed by atoms with van der Waals surface area (Å²) < 4.78 is 2.12. The minimum atomic E-state index is -0.718. The highest BCUT2D eigenvalue weighted by atomic mass is 32.2. The van der Waals surface area contributed by atoms with E-state index in [9.17, 15) is 14.4 Å². The Hall–Kier alpha value is -1.87. The number of aromatic amines is 1. The maximum absolute atomic E-state index is 12.5. The third kappa shape index (κ3) is 3.18. The average Bonchev–Trinajstić information content (AvgIpc) is 3.27. The molecule has 0 radical (unpaired) electrons. The van der Waals surface area contributed by atoms with Gasteiger partial charge < -0.3 is 5.73 Å². The second-order valence-electron chi connectivity index (χ2n) is 5.67. The fourth-order valence-corrected chi connectivity index (χ4v) is 4.61. The second-order valence-corrected chi connectivity index (χ2v) is 8.09. The highest BCUT2D eigenvalue weighted by Gasteiger charge is 2.30. The van der Waals surface area contributed by atoms with Gasteiger partial charge in [-0.1, -0.05) is 18.7 Å². The molecule has 3 rings (SSSR count). The van der Waals surface area contributed by atoms with Gasteiger partial charge in [0.25, 0.3) is 5.56 Å². The number of carbonyl (C=O) groups excluding carboxylic acids is 1. The summed E-state index contributed by atoms with van der Waals surface area (Å²) in [5, 5.41) is 0. The number of nitrogens with two attached hydrogens (primary N) is 1. The number of ketones is 1. The zero-order valence-electron chi connectivity index (χ0n) is 13.4. The van der Waals surface area contributed by atoms with E-state index in [0.717, 1.165) is 34.2 Å². The number of carbonyl (C=O) groups is 1. The van der Waals surface area contributed by atoms with Crippen molar-refractivity contribution in [1.82, 2.24) is 14.5 Å². The maximum Gasteiger partial charge on any atom is 0.330 e. The van der Waals surface area contributed by atoms with E-state index < -0.39 is 11.2 Å². The molecule has 7 nitrogen and oxygen atoms in total. The smallest absolute Gasteiger partial charge is 0.330 e. The van der Waals surface area contributed by atoms with Crippen LogP contribution in [0.25, 0.3) is 0 Å². The highest BCUT2D eigenvalue weighted by Crippen LogP contribution is 2.35. The van der Waals surface area contributed by atoms with Gasteiger partial charge in [0.05, 0.1) is 11.4 Å². The predicted octanol–water partition coefficient (Wildman–Crippen LogP) is 1.76. The molecule has 0 saturated heterocycles. The van der Waals surface area contributed by atoms with Crippen molar-refractivity contribution in [1.29, 1.82) is 0 Å². The number of Topliss-reactive ketones (excluding diaryl/α,β-unsaturated/α-hetero) is 1. The third-order valence-electron chi connectivity index (χ3n) is 3.91. The topological polar surface area (TPSA) is 111 Å². The first-order valence-corrected chi connectivity index (χ1v) is 9.49. The van der Waals surface area contributed by atoms with Crippen molar-refractivity contribution in [3.8, 4) is 0 Å². The SMILES string of the molecule is CCc1nc(SCC(=O)c2c(N)n(C3CC3)c(=O)[nH]c2=O)sc1C. The standard InChI is InChI=1S/C15H18N4O3S2/c1-3-9-7(2)24-15(17-9)23-6-10(20)11-12(16)19(8-4-5-8)14(22)18-13(11)21/h8H,3-6,16H2,1-2H3,(H,18,21,22). The van der Waals surface area contributed by atoms with Crippen LogP contribution in [-0.4, -0.2) is 26.1 Å². The Balaban J connectivity index is 1.83. The number of hydrogen-bond donors (Lipinski definition) is 2. The lowest BCUT2D eigenvalue weighted by Crippen LogP contribution is -2.36. The van der Waals surface area contributed by atoms with Crippen LogP contribution in [-0.2, 0) is 6.42 Å². The molecule has 128 valence electrons. The summed E-state index contributed by atoms with van der Waals surface area (Å²) in [6.45, 7) is 4.03. The molecule has 0 bridgehead atoms. The van der Waals surface area contributed by atoms with Gasteiger partial charge in [0.1, 0.15) is 11.4 Å². The van der Waals surface area contributed by atoms with E-state index in [1.165, 1.54) is 27.7 Å². The largest absolute Gasteiger partial charge is 0.384 e.